The van der Waals surface area contributed by atoms with Gasteiger partial charge in [-0.3, -0.25) is 4.79 Å². The van der Waals surface area contributed by atoms with E-state index in [-0.39, 0.29) is 31.0 Å². The Labute approximate surface area is 139 Å². The number of benzene rings is 1. The average Bonchev–Trinajstić information content (AvgIpc) is 2.52. The predicted octanol–water partition coefficient (Wildman–Crippen LogP) is 2.64. The fraction of sp³-hybridized carbons (Fsp3) is 0.588. The number of hydrogen-bond donors (Lipinski definition) is 1. The normalized spacial score (nSPS) is 21.1. The van der Waals surface area contributed by atoms with Gasteiger partial charge in [0.25, 0.3) is 5.91 Å². The van der Waals surface area contributed by atoms with Crippen LogP contribution in [0, 0.1) is 5.92 Å². The number of para-hydroxylation sites is 1. The number of nitrogens with zero attached hydrogens (tertiary/aromatic N) is 1. The Kier molecular flexibility index (Phi) is 7.69. The number of hydrogen-bond acceptors (Lipinski definition) is 3. The zero-order valence-electron chi connectivity index (χ0n) is 13.5. The molecular formula is C17H27ClN2O2. The molecule has 0 bridgehead atoms. The molecule has 1 aromatic rings. The fourth-order valence-electron chi connectivity index (χ4n) is 2.96. The molecule has 2 unspecified atom stereocenters. The Morgan fingerprint density at radius 2 is 2.14 bits per heavy atom. The van der Waals surface area contributed by atoms with E-state index in [2.05, 4.69) is 13.8 Å². The van der Waals surface area contributed by atoms with Crippen molar-refractivity contribution in [3.63, 3.8) is 0 Å². The summed E-state index contributed by atoms with van der Waals surface area (Å²) in [6.07, 6.45) is 2.94. The second-order valence-electron chi connectivity index (χ2n) is 5.86. The minimum absolute atomic E-state index is 0. The summed E-state index contributed by atoms with van der Waals surface area (Å²) in [5, 5.41) is 0. The van der Waals surface area contributed by atoms with E-state index in [1.54, 1.807) is 0 Å². The first-order valence-electron chi connectivity index (χ1n) is 7.86. The van der Waals surface area contributed by atoms with Crippen molar-refractivity contribution in [1.82, 2.24) is 4.90 Å². The highest BCUT2D eigenvalue weighted by molar-refractivity contribution is 5.85. The molecule has 0 radical (unpaired) electrons. The molecule has 1 aliphatic rings. The number of carbonyl (C=O) groups excluding carboxylic acids is 1. The molecule has 2 N–H and O–H groups in total. The first-order valence-corrected chi connectivity index (χ1v) is 7.86. The van der Waals surface area contributed by atoms with Crippen LogP contribution in [0.5, 0.6) is 5.75 Å². The Hall–Kier alpha value is -1.26. The largest absolute Gasteiger partial charge is 0.483 e. The first kappa shape index (κ1) is 18.8. The van der Waals surface area contributed by atoms with Crippen LogP contribution in [0.4, 0.5) is 0 Å². The molecule has 1 amide bonds. The van der Waals surface area contributed by atoms with Gasteiger partial charge in [0.05, 0.1) is 0 Å². The summed E-state index contributed by atoms with van der Waals surface area (Å²) in [4.78, 5) is 14.3. The molecule has 1 aliphatic heterocycles. The lowest BCUT2D eigenvalue weighted by atomic mass is 9.92. The first-order chi connectivity index (χ1) is 10.2. The predicted molar refractivity (Wildman–Crippen MR) is 91.5 cm³/mol. The van der Waals surface area contributed by atoms with Gasteiger partial charge in [0.1, 0.15) is 5.75 Å². The zero-order valence-corrected chi connectivity index (χ0v) is 14.3. The van der Waals surface area contributed by atoms with Gasteiger partial charge in [-0.2, -0.15) is 0 Å². The number of amides is 1. The van der Waals surface area contributed by atoms with Crippen LogP contribution in [0.25, 0.3) is 0 Å². The number of likely N-dealkylation sites (tertiary alicyclic amines) is 1. The number of rotatable bonds is 5. The van der Waals surface area contributed by atoms with Crippen LogP contribution in [0.3, 0.4) is 0 Å². The Morgan fingerprint density at radius 3 is 2.82 bits per heavy atom. The maximum Gasteiger partial charge on any atom is 0.260 e. The topological polar surface area (TPSA) is 55.6 Å². The third-order valence-electron chi connectivity index (χ3n) is 4.28. The van der Waals surface area contributed by atoms with Gasteiger partial charge in [-0.1, -0.05) is 32.0 Å². The maximum absolute atomic E-state index is 12.4. The van der Waals surface area contributed by atoms with Crippen molar-refractivity contribution in [2.45, 2.75) is 39.2 Å². The Morgan fingerprint density at radius 1 is 1.41 bits per heavy atom. The summed E-state index contributed by atoms with van der Waals surface area (Å²) in [6.45, 7) is 5.73. The summed E-state index contributed by atoms with van der Waals surface area (Å²) < 4.78 is 5.73. The van der Waals surface area contributed by atoms with E-state index in [4.69, 9.17) is 10.5 Å². The van der Waals surface area contributed by atoms with Crippen molar-refractivity contribution in [1.29, 1.82) is 0 Å². The average molecular weight is 327 g/mol. The third-order valence-corrected chi connectivity index (χ3v) is 4.28. The second-order valence-corrected chi connectivity index (χ2v) is 5.86. The van der Waals surface area contributed by atoms with Gasteiger partial charge in [0, 0.05) is 19.1 Å². The van der Waals surface area contributed by atoms with E-state index >= 15 is 0 Å². The molecule has 0 spiro atoms. The Bertz CT molecular complexity index is 481. The van der Waals surface area contributed by atoms with Crippen LogP contribution >= 0.6 is 12.4 Å². The molecule has 1 heterocycles. The quantitative estimate of drug-likeness (QED) is 0.905. The van der Waals surface area contributed by atoms with Crippen LogP contribution in [0.2, 0.25) is 0 Å². The molecule has 2 rings (SSSR count). The van der Waals surface area contributed by atoms with Crippen LogP contribution in [0.15, 0.2) is 24.3 Å². The molecule has 4 nitrogen and oxygen atoms in total. The minimum atomic E-state index is 0. The lowest BCUT2D eigenvalue weighted by Gasteiger charge is -2.37. The van der Waals surface area contributed by atoms with Gasteiger partial charge in [-0.15, -0.1) is 12.4 Å². The molecule has 0 aliphatic carbocycles. The van der Waals surface area contributed by atoms with Gasteiger partial charge < -0.3 is 15.4 Å². The van der Waals surface area contributed by atoms with Crippen LogP contribution in [0.1, 0.15) is 32.3 Å². The molecule has 1 fully saturated rings. The fourth-order valence-corrected chi connectivity index (χ4v) is 2.96. The molecule has 1 aromatic carbocycles. The van der Waals surface area contributed by atoms with Gasteiger partial charge in [0.2, 0.25) is 0 Å². The smallest absolute Gasteiger partial charge is 0.260 e. The van der Waals surface area contributed by atoms with Crippen molar-refractivity contribution >= 4 is 18.3 Å². The SMILES string of the molecule is CCc1ccccc1OCC(=O)N1CCC(C)CC1CN.Cl. The number of piperidine rings is 1. The second kappa shape index (κ2) is 9.01. The maximum atomic E-state index is 12.4. The summed E-state index contributed by atoms with van der Waals surface area (Å²) in [7, 11) is 0. The highest BCUT2D eigenvalue weighted by atomic mass is 35.5. The molecular weight excluding hydrogens is 300 g/mol. The monoisotopic (exact) mass is 326 g/mol. The van der Waals surface area contributed by atoms with Crippen LogP contribution in [-0.4, -0.2) is 36.5 Å². The van der Waals surface area contributed by atoms with Crippen molar-refractivity contribution < 1.29 is 9.53 Å². The number of ether oxygens (including phenoxy) is 1. The third kappa shape index (κ3) is 4.62. The number of carbonyl (C=O) groups is 1. The van der Waals surface area contributed by atoms with Crippen molar-refractivity contribution in [2.75, 3.05) is 19.7 Å². The van der Waals surface area contributed by atoms with Crippen molar-refractivity contribution in [2.24, 2.45) is 11.7 Å². The summed E-state index contributed by atoms with van der Waals surface area (Å²) in [5.74, 6) is 1.50. The lowest BCUT2D eigenvalue weighted by Crippen LogP contribution is -2.50. The molecule has 22 heavy (non-hydrogen) atoms. The van der Waals surface area contributed by atoms with Crippen LogP contribution in [-0.2, 0) is 11.2 Å². The molecule has 0 aromatic heterocycles. The van der Waals surface area contributed by atoms with Gasteiger partial charge >= 0.3 is 0 Å². The standard InChI is InChI=1S/C17H26N2O2.ClH/c1-3-14-6-4-5-7-16(14)21-12-17(20)19-9-8-13(2)10-15(19)11-18;/h4-7,13,15H,3,8-12,18H2,1-2H3;1H. The molecule has 0 saturated carbocycles. The number of aryl methyl sites for hydroxylation is 1. The molecule has 5 heteroatoms. The van der Waals surface area contributed by atoms with Gasteiger partial charge in [-0.25, -0.2) is 0 Å². The highest BCUT2D eigenvalue weighted by Gasteiger charge is 2.29. The van der Waals surface area contributed by atoms with E-state index in [9.17, 15) is 4.79 Å². The van der Waals surface area contributed by atoms with Crippen molar-refractivity contribution in [3.05, 3.63) is 29.8 Å². The summed E-state index contributed by atoms with van der Waals surface area (Å²) in [5.41, 5.74) is 6.94. The molecule has 124 valence electrons. The highest BCUT2D eigenvalue weighted by Crippen LogP contribution is 2.23. The van der Waals surface area contributed by atoms with Crippen LogP contribution < -0.4 is 10.5 Å². The van der Waals surface area contributed by atoms with E-state index < -0.39 is 0 Å². The minimum Gasteiger partial charge on any atom is -0.483 e. The summed E-state index contributed by atoms with van der Waals surface area (Å²) >= 11 is 0. The van der Waals surface area contributed by atoms with E-state index in [0.29, 0.717) is 12.5 Å². The molecule has 2 atom stereocenters. The summed E-state index contributed by atoms with van der Waals surface area (Å²) in [6, 6.07) is 8.04. The number of halogens is 1. The zero-order chi connectivity index (χ0) is 15.2. The van der Waals surface area contributed by atoms with E-state index in [0.717, 1.165) is 37.1 Å². The van der Waals surface area contributed by atoms with Gasteiger partial charge in [0.15, 0.2) is 6.61 Å². The van der Waals surface area contributed by atoms with Crippen molar-refractivity contribution in [3.8, 4) is 5.75 Å². The molecule has 1 saturated heterocycles. The Balaban J connectivity index is 0.00000242. The number of nitrogens with two attached hydrogens (primary N) is 1. The lowest BCUT2D eigenvalue weighted by molar-refractivity contribution is -0.137. The van der Waals surface area contributed by atoms with E-state index in [1.165, 1.54) is 0 Å². The van der Waals surface area contributed by atoms with Gasteiger partial charge in [-0.05, 0) is 36.8 Å². The van der Waals surface area contributed by atoms with E-state index in [1.807, 2.05) is 29.2 Å².